The largest absolute Gasteiger partial charge is 0.291 e. The van der Waals surface area contributed by atoms with Crippen LogP contribution in [0, 0.1) is 20.8 Å². The molecule has 0 saturated heterocycles. The van der Waals surface area contributed by atoms with Gasteiger partial charge in [0.2, 0.25) is 4.96 Å². The molecular formula is C29H23N5OS. The minimum atomic E-state index is -0.180. The molecule has 0 aliphatic carbocycles. The summed E-state index contributed by atoms with van der Waals surface area (Å²) in [6, 6.07) is 24.3. The quantitative estimate of drug-likeness (QED) is 0.344. The van der Waals surface area contributed by atoms with Crippen molar-refractivity contribution in [1.29, 1.82) is 0 Å². The number of rotatable bonds is 4. The van der Waals surface area contributed by atoms with Crippen molar-refractivity contribution in [2.45, 2.75) is 20.8 Å². The van der Waals surface area contributed by atoms with Gasteiger partial charge < -0.3 is 0 Å². The van der Waals surface area contributed by atoms with Gasteiger partial charge in [-0.15, -0.1) is 5.10 Å². The van der Waals surface area contributed by atoms with Crippen LogP contribution in [0.5, 0.6) is 0 Å². The molecule has 0 aliphatic heterocycles. The first-order chi connectivity index (χ1) is 17.5. The molecule has 6 rings (SSSR count). The molecule has 176 valence electrons. The van der Waals surface area contributed by atoms with Gasteiger partial charge in [0.25, 0.3) is 5.56 Å². The molecule has 0 spiro atoms. The molecule has 3 aromatic carbocycles. The van der Waals surface area contributed by atoms with Crippen LogP contribution >= 0.6 is 11.3 Å². The predicted octanol–water partition coefficient (Wildman–Crippen LogP) is 5.14. The van der Waals surface area contributed by atoms with E-state index >= 15 is 0 Å². The minimum Gasteiger partial charge on any atom is -0.266 e. The Morgan fingerprint density at radius 3 is 2.36 bits per heavy atom. The first kappa shape index (κ1) is 22.1. The number of para-hydroxylation sites is 1. The average molecular weight is 490 g/mol. The summed E-state index contributed by atoms with van der Waals surface area (Å²) in [4.78, 5) is 18.5. The molecule has 0 amide bonds. The van der Waals surface area contributed by atoms with Crippen molar-refractivity contribution >= 4 is 22.4 Å². The predicted molar refractivity (Wildman–Crippen MR) is 145 cm³/mol. The van der Waals surface area contributed by atoms with Crippen LogP contribution in [-0.2, 0) is 0 Å². The van der Waals surface area contributed by atoms with E-state index in [0.29, 0.717) is 15.3 Å². The van der Waals surface area contributed by atoms with Gasteiger partial charge in [-0.1, -0.05) is 77.1 Å². The molecule has 36 heavy (non-hydrogen) atoms. The van der Waals surface area contributed by atoms with Crippen LogP contribution in [0.25, 0.3) is 39.4 Å². The van der Waals surface area contributed by atoms with Gasteiger partial charge in [0.05, 0.1) is 10.2 Å². The van der Waals surface area contributed by atoms with Gasteiger partial charge in [-0.25, -0.2) is 4.68 Å². The van der Waals surface area contributed by atoms with E-state index in [9.17, 15) is 4.79 Å². The highest BCUT2D eigenvalue weighted by atomic mass is 32.1. The fraction of sp³-hybridized carbons (Fsp3) is 0.103. The van der Waals surface area contributed by atoms with Gasteiger partial charge in [0.15, 0.2) is 5.82 Å². The molecule has 6 aromatic rings. The van der Waals surface area contributed by atoms with Gasteiger partial charge in [0.1, 0.15) is 5.69 Å². The van der Waals surface area contributed by atoms with Gasteiger partial charge in [-0.3, -0.25) is 4.79 Å². The molecule has 0 fully saturated rings. The van der Waals surface area contributed by atoms with Crippen molar-refractivity contribution in [2.75, 3.05) is 0 Å². The molecule has 7 heteroatoms. The second kappa shape index (κ2) is 8.70. The summed E-state index contributed by atoms with van der Waals surface area (Å²) in [5, 5.41) is 9.43. The van der Waals surface area contributed by atoms with Crippen molar-refractivity contribution in [3.05, 3.63) is 116 Å². The van der Waals surface area contributed by atoms with Crippen LogP contribution in [0.15, 0.2) is 83.8 Å². The Bertz CT molecular complexity index is 1830. The molecule has 0 bridgehead atoms. The normalized spacial score (nSPS) is 12.0. The average Bonchev–Trinajstić information content (AvgIpc) is 3.57. The Morgan fingerprint density at radius 1 is 0.861 bits per heavy atom. The number of aromatic nitrogens is 5. The molecule has 0 aliphatic rings. The van der Waals surface area contributed by atoms with Crippen LogP contribution in [-0.4, -0.2) is 24.4 Å². The Labute approximate surface area is 211 Å². The Balaban J connectivity index is 1.51. The Morgan fingerprint density at radius 2 is 1.61 bits per heavy atom. The van der Waals surface area contributed by atoms with Gasteiger partial charge in [-0.05, 0) is 50.6 Å². The van der Waals surface area contributed by atoms with Crippen LogP contribution in [0.2, 0.25) is 0 Å². The van der Waals surface area contributed by atoms with Crippen molar-refractivity contribution in [1.82, 2.24) is 24.4 Å². The number of fused-ring (bicyclic) bond motifs is 1. The standard InChI is InChI=1S/C29H23N5OS/c1-18-10-13-21(14-11-18)27-30-29-34(32-27)28(35)25(36-29)16-22-17-33(23-7-5-4-6-8-23)31-26(22)24-15-19(2)9-12-20(24)3/h4-17H,1-3H3/b25-16-. The van der Waals surface area contributed by atoms with Crippen LogP contribution < -0.4 is 10.1 Å². The van der Waals surface area contributed by atoms with Crippen molar-refractivity contribution in [3.8, 4) is 28.3 Å². The number of nitrogens with zero attached hydrogens (tertiary/aromatic N) is 5. The summed E-state index contributed by atoms with van der Waals surface area (Å²) in [5.74, 6) is 0.554. The topological polar surface area (TPSA) is 65.1 Å². The first-order valence-corrected chi connectivity index (χ1v) is 12.5. The van der Waals surface area contributed by atoms with E-state index in [1.165, 1.54) is 15.9 Å². The maximum atomic E-state index is 13.3. The number of hydrogen-bond donors (Lipinski definition) is 0. The maximum absolute atomic E-state index is 13.3. The number of benzene rings is 3. The molecular weight excluding hydrogens is 466 g/mol. The molecule has 0 N–H and O–H groups in total. The lowest BCUT2D eigenvalue weighted by Crippen LogP contribution is -2.23. The van der Waals surface area contributed by atoms with Crippen molar-refractivity contribution in [2.24, 2.45) is 0 Å². The molecule has 0 unspecified atom stereocenters. The Kier molecular flexibility index (Phi) is 5.34. The zero-order valence-electron chi connectivity index (χ0n) is 20.1. The SMILES string of the molecule is Cc1ccc(-c2nc3s/c(=C\c4cn(-c5ccccc5)nc4-c4cc(C)ccc4C)c(=O)n3n2)cc1. The van der Waals surface area contributed by atoms with Gasteiger partial charge in [-0.2, -0.15) is 14.6 Å². The summed E-state index contributed by atoms with van der Waals surface area (Å²) in [6.45, 7) is 6.18. The van der Waals surface area contributed by atoms with Gasteiger partial charge in [0, 0.05) is 22.9 Å². The van der Waals surface area contributed by atoms with Crippen LogP contribution in [0.3, 0.4) is 0 Å². The second-order valence-corrected chi connectivity index (χ2v) is 9.95. The minimum absolute atomic E-state index is 0.180. The Hall–Kier alpha value is -4.36. The van der Waals surface area contributed by atoms with Gasteiger partial charge >= 0.3 is 0 Å². The molecule has 3 heterocycles. The fourth-order valence-electron chi connectivity index (χ4n) is 4.21. The third-order valence-electron chi connectivity index (χ3n) is 6.19. The zero-order chi connectivity index (χ0) is 24.8. The van der Waals surface area contributed by atoms with E-state index in [4.69, 9.17) is 5.10 Å². The van der Waals surface area contributed by atoms with E-state index in [2.05, 4.69) is 42.1 Å². The molecule has 6 nitrogen and oxygen atoms in total. The molecule has 3 aromatic heterocycles. The summed E-state index contributed by atoms with van der Waals surface area (Å²) in [6.07, 6.45) is 3.87. The number of hydrogen-bond acceptors (Lipinski definition) is 5. The molecule has 0 atom stereocenters. The van der Waals surface area contributed by atoms with E-state index in [1.807, 2.05) is 78.5 Å². The van der Waals surface area contributed by atoms with E-state index in [-0.39, 0.29) is 5.56 Å². The number of aryl methyl sites for hydroxylation is 3. The second-order valence-electron chi connectivity index (χ2n) is 8.94. The van der Waals surface area contributed by atoms with E-state index < -0.39 is 0 Å². The molecule has 0 radical (unpaired) electrons. The summed E-state index contributed by atoms with van der Waals surface area (Å²) in [7, 11) is 0. The molecule has 0 saturated carbocycles. The van der Waals surface area contributed by atoms with Crippen LogP contribution in [0.1, 0.15) is 22.3 Å². The lowest BCUT2D eigenvalue weighted by molar-refractivity contribution is 0.884. The highest BCUT2D eigenvalue weighted by molar-refractivity contribution is 7.15. The number of thiazole rings is 1. The van der Waals surface area contributed by atoms with E-state index in [0.717, 1.165) is 44.8 Å². The van der Waals surface area contributed by atoms with E-state index in [1.54, 1.807) is 0 Å². The third-order valence-corrected chi connectivity index (χ3v) is 7.15. The van der Waals surface area contributed by atoms with Crippen LogP contribution in [0.4, 0.5) is 0 Å². The monoisotopic (exact) mass is 489 g/mol. The third kappa shape index (κ3) is 3.93. The summed E-state index contributed by atoms with van der Waals surface area (Å²) >= 11 is 1.34. The lowest BCUT2D eigenvalue weighted by Gasteiger charge is -2.05. The summed E-state index contributed by atoms with van der Waals surface area (Å²) < 4.78 is 3.82. The highest BCUT2D eigenvalue weighted by Crippen LogP contribution is 2.28. The lowest BCUT2D eigenvalue weighted by atomic mass is 10.0. The van der Waals surface area contributed by atoms with Crippen molar-refractivity contribution < 1.29 is 0 Å². The smallest absolute Gasteiger partial charge is 0.266 e. The first-order valence-electron chi connectivity index (χ1n) is 11.7. The zero-order valence-corrected chi connectivity index (χ0v) is 21.0. The maximum Gasteiger partial charge on any atom is 0.291 e. The highest BCUT2D eigenvalue weighted by Gasteiger charge is 2.16. The van der Waals surface area contributed by atoms with Crippen molar-refractivity contribution in [3.63, 3.8) is 0 Å². The fourth-order valence-corrected chi connectivity index (χ4v) is 5.10. The summed E-state index contributed by atoms with van der Waals surface area (Å²) in [5.41, 5.74) is 7.86.